The Balaban J connectivity index is 1.58. The number of rotatable bonds is 5. The van der Waals surface area contributed by atoms with Crippen molar-refractivity contribution in [2.24, 2.45) is 5.16 Å². The molecule has 4 nitrogen and oxygen atoms in total. The van der Waals surface area contributed by atoms with E-state index in [0.29, 0.717) is 17.1 Å². The first kappa shape index (κ1) is 13.5. The van der Waals surface area contributed by atoms with E-state index in [0.717, 1.165) is 4.88 Å². The number of hydrogen-bond donors (Lipinski definition) is 0. The Morgan fingerprint density at radius 1 is 1.29 bits per heavy atom. The summed E-state index contributed by atoms with van der Waals surface area (Å²) in [5, 5.41) is 5.68. The number of thiophene rings is 1. The van der Waals surface area contributed by atoms with Crippen LogP contribution in [0.1, 0.15) is 11.3 Å². The first-order chi connectivity index (χ1) is 10.3. The Bertz CT molecular complexity index is 738. The van der Waals surface area contributed by atoms with Gasteiger partial charge < -0.3 is 9.25 Å². The number of oxime groups is 1. The highest BCUT2D eigenvalue weighted by atomic mass is 32.1. The van der Waals surface area contributed by atoms with E-state index in [1.807, 2.05) is 17.5 Å². The predicted molar refractivity (Wildman–Crippen MR) is 78.6 cm³/mol. The predicted octanol–water partition coefficient (Wildman–Crippen LogP) is 4.09. The fraction of sp³-hybridized carbons (Fsp3) is 0.0667. The van der Waals surface area contributed by atoms with Gasteiger partial charge in [0.25, 0.3) is 0 Å². The van der Waals surface area contributed by atoms with E-state index in [1.165, 1.54) is 18.5 Å². The fourth-order valence-electron chi connectivity index (χ4n) is 1.66. The summed E-state index contributed by atoms with van der Waals surface area (Å²) < 4.78 is 18.7. The lowest BCUT2D eigenvalue weighted by atomic mass is 10.2. The minimum atomic E-state index is -0.341. The minimum Gasteiger partial charge on any atom is -0.443 e. The van der Waals surface area contributed by atoms with E-state index in [4.69, 9.17) is 9.25 Å². The lowest BCUT2D eigenvalue weighted by molar-refractivity contribution is 0.129. The monoisotopic (exact) mass is 302 g/mol. The second kappa shape index (κ2) is 6.32. The van der Waals surface area contributed by atoms with Gasteiger partial charge in [-0.15, -0.1) is 11.3 Å². The Hall–Kier alpha value is -2.47. The van der Waals surface area contributed by atoms with Gasteiger partial charge in [0.05, 0.1) is 11.1 Å². The molecule has 0 saturated heterocycles. The zero-order chi connectivity index (χ0) is 14.5. The molecule has 0 N–H and O–H groups in total. The minimum absolute atomic E-state index is 0.166. The summed E-state index contributed by atoms with van der Waals surface area (Å²) in [5.74, 6) is 0.216. The molecule has 2 aromatic heterocycles. The van der Waals surface area contributed by atoms with Crippen molar-refractivity contribution in [3.8, 4) is 10.8 Å². The molecule has 106 valence electrons. The van der Waals surface area contributed by atoms with Gasteiger partial charge in [-0.3, -0.25) is 0 Å². The van der Waals surface area contributed by atoms with Crippen LogP contribution in [0.3, 0.4) is 0 Å². The Labute approximate surface area is 124 Å². The van der Waals surface area contributed by atoms with E-state index >= 15 is 0 Å². The average molecular weight is 302 g/mol. The molecule has 0 saturated carbocycles. The van der Waals surface area contributed by atoms with E-state index < -0.39 is 0 Å². The van der Waals surface area contributed by atoms with Gasteiger partial charge >= 0.3 is 0 Å². The summed E-state index contributed by atoms with van der Waals surface area (Å²) in [5.41, 5.74) is 1.00. The van der Waals surface area contributed by atoms with Crippen LogP contribution in [-0.2, 0) is 11.4 Å². The van der Waals surface area contributed by atoms with Crippen molar-refractivity contribution in [1.82, 2.24) is 4.98 Å². The molecule has 21 heavy (non-hydrogen) atoms. The van der Waals surface area contributed by atoms with E-state index in [1.54, 1.807) is 29.5 Å². The molecular weight excluding hydrogens is 291 g/mol. The number of aromatic nitrogens is 1. The Morgan fingerprint density at radius 2 is 2.19 bits per heavy atom. The van der Waals surface area contributed by atoms with Crippen molar-refractivity contribution in [3.05, 3.63) is 65.1 Å². The lowest BCUT2D eigenvalue weighted by Crippen LogP contribution is -1.90. The maximum absolute atomic E-state index is 13.3. The van der Waals surface area contributed by atoms with Crippen LogP contribution in [0.4, 0.5) is 4.39 Å². The van der Waals surface area contributed by atoms with Crippen LogP contribution in [0.25, 0.3) is 10.8 Å². The van der Waals surface area contributed by atoms with Crippen LogP contribution in [0, 0.1) is 5.82 Å². The molecule has 0 aliphatic heterocycles. The second-order valence-electron chi connectivity index (χ2n) is 4.15. The summed E-state index contributed by atoms with van der Waals surface area (Å²) >= 11 is 1.55. The molecule has 6 heteroatoms. The van der Waals surface area contributed by atoms with Gasteiger partial charge in [0.2, 0.25) is 5.89 Å². The third-order valence-corrected chi connectivity index (χ3v) is 3.53. The largest absolute Gasteiger partial charge is 0.443 e. The zero-order valence-corrected chi connectivity index (χ0v) is 11.7. The van der Waals surface area contributed by atoms with E-state index in [9.17, 15) is 4.39 Å². The summed E-state index contributed by atoms with van der Waals surface area (Å²) in [7, 11) is 0. The van der Waals surface area contributed by atoms with Crippen LogP contribution in [0.2, 0.25) is 0 Å². The Kier molecular flexibility index (Phi) is 4.07. The quantitative estimate of drug-likeness (QED) is 0.527. The smallest absolute Gasteiger partial charge is 0.236 e. The number of halogens is 1. The molecule has 0 aliphatic carbocycles. The summed E-state index contributed by atoms with van der Waals surface area (Å²) in [4.78, 5) is 10.3. The van der Waals surface area contributed by atoms with Crippen molar-refractivity contribution in [1.29, 1.82) is 0 Å². The highest BCUT2D eigenvalue weighted by molar-refractivity contribution is 7.13. The summed E-state index contributed by atoms with van der Waals surface area (Å²) in [6.45, 7) is 0.166. The van der Waals surface area contributed by atoms with Crippen molar-refractivity contribution in [2.75, 3.05) is 0 Å². The van der Waals surface area contributed by atoms with Crippen molar-refractivity contribution < 1.29 is 13.6 Å². The first-order valence-corrected chi connectivity index (χ1v) is 7.09. The number of benzene rings is 1. The number of nitrogens with zero attached hydrogens (tertiary/aromatic N) is 2. The normalized spacial score (nSPS) is 11.1. The number of hydrogen-bond acceptors (Lipinski definition) is 5. The van der Waals surface area contributed by atoms with Crippen molar-refractivity contribution >= 4 is 17.6 Å². The molecule has 0 aliphatic rings. The first-order valence-electron chi connectivity index (χ1n) is 6.21. The SMILES string of the molecule is Fc1ccccc1/C=N\OCc1coc(-c2cccs2)n1. The van der Waals surface area contributed by atoms with Crippen LogP contribution in [-0.4, -0.2) is 11.2 Å². The molecule has 0 bridgehead atoms. The maximum atomic E-state index is 13.3. The van der Waals surface area contributed by atoms with Gasteiger partial charge in [-0.1, -0.05) is 29.4 Å². The van der Waals surface area contributed by atoms with Crippen LogP contribution in [0.15, 0.2) is 57.6 Å². The topological polar surface area (TPSA) is 47.6 Å². The highest BCUT2D eigenvalue weighted by Gasteiger charge is 2.07. The molecule has 1 aromatic carbocycles. The molecular formula is C15H11FN2O2S. The van der Waals surface area contributed by atoms with Crippen molar-refractivity contribution in [3.63, 3.8) is 0 Å². The molecule has 2 heterocycles. The second-order valence-corrected chi connectivity index (χ2v) is 5.10. The van der Waals surface area contributed by atoms with Gasteiger partial charge in [0, 0.05) is 5.56 Å². The summed E-state index contributed by atoms with van der Waals surface area (Å²) in [6.07, 6.45) is 2.85. The van der Waals surface area contributed by atoms with Crippen LogP contribution in [0.5, 0.6) is 0 Å². The third kappa shape index (κ3) is 3.35. The lowest BCUT2D eigenvalue weighted by Gasteiger charge is -1.96. The van der Waals surface area contributed by atoms with E-state index in [-0.39, 0.29) is 12.4 Å². The van der Waals surface area contributed by atoms with Crippen LogP contribution >= 0.6 is 11.3 Å². The average Bonchev–Trinajstić information content (AvgIpc) is 3.16. The van der Waals surface area contributed by atoms with Gasteiger partial charge in [-0.05, 0) is 17.5 Å². The highest BCUT2D eigenvalue weighted by Crippen LogP contribution is 2.23. The molecule has 0 amide bonds. The maximum Gasteiger partial charge on any atom is 0.236 e. The van der Waals surface area contributed by atoms with Gasteiger partial charge in [-0.25, -0.2) is 9.37 Å². The van der Waals surface area contributed by atoms with Crippen LogP contribution < -0.4 is 0 Å². The summed E-state index contributed by atoms with van der Waals surface area (Å²) in [6, 6.07) is 10.2. The molecule has 0 fully saturated rings. The fourth-order valence-corrected chi connectivity index (χ4v) is 2.32. The van der Waals surface area contributed by atoms with Crippen molar-refractivity contribution in [2.45, 2.75) is 6.61 Å². The van der Waals surface area contributed by atoms with Gasteiger partial charge in [-0.2, -0.15) is 0 Å². The number of oxazole rings is 1. The molecule has 3 rings (SSSR count). The molecule has 0 spiro atoms. The zero-order valence-electron chi connectivity index (χ0n) is 10.9. The molecule has 0 radical (unpaired) electrons. The third-order valence-electron chi connectivity index (χ3n) is 2.67. The van der Waals surface area contributed by atoms with Gasteiger partial charge in [0.15, 0.2) is 6.61 Å². The molecule has 3 aromatic rings. The van der Waals surface area contributed by atoms with E-state index in [2.05, 4.69) is 10.1 Å². The Morgan fingerprint density at radius 3 is 3.00 bits per heavy atom. The van der Waals surface area contributed by atoms with Gasteiger partial charge in [0.1, 0.15) is 17.8 Å². The molecule has 0 unspecified atom stereocenters. The molecule has 0 atom stereocenters. The standard InChI is InChI=1S/C15H11FN2O2S/c16-13-5-2-1-4-11(13)8-17-20-10-12-9-19-15(18-12)14-6-3-7-21-14/h1-9H,10H2/b17-8-.